The molecule has 9 aromatic rings. The van der Waals surface area contributed by atoms with Crippen molar-refractivity contribution in [3.8, 4) is 50.8 Å². The third-order valence-electron chi connectivity index (χ3n) is 10.5. The molecule has 0 fully saturated rings. The normalized spacial score (nSPS) is 13.1. The van der Waals surface area contributed by atoms with E-state index in [0.717, 1.165) is 77.4 Å². The topological polar surface area (TPSA) is 62.7 Å². The van der Waals surface area contributed by atoms with Gasteiger partial charge < -0.3 is 4.42 Å². The molecular weight excluding hydrogens is 611 g/mol. The first-order valence-corrected chi connectivity index (χ1v) is 16.9. The van der Waals surface area contributed by atoms with Gasteiger partial charge in [0.05, 0.1) is 34.1 Å². The number of furan rings is 1. The van der Waals surface area contributed by atoms with Crippen LogP contribution in [0.2, 0.25) is 0 Å². The minimum absolute atomic E-state index is 0.226. The lowest BCUT2D eigenvalue weighted by atomic mass is 9.81. The summed E-state index contributed by atoms with van der Waals surface area (Å²) < 4.78 is 6.44. The van der Waals surface area contributed by atoms with E-state index < -0.39 is 0 Å². The maximum Gasteiger partial charge on any atom is 0.136 e. The molecular formula is C46H29N3O. The first-order valence-electron chi connectivity index (χ1n) is 16.9. The van der Waals surface area contributed by atoms with E-state index in [1.807, 2.05) is 36.4 Å². The van der Waals surface area contributed by atoms with Gasteiger partial charge in [-0.15, -0.1) is 0 Å². The zero-order valence-corrected chi connectivity index (χ0v) is 27.5. The molecule has 0 aliphatic heterocycles. The van der Waals surface area contributed by atoms with Crippen LogP contribution in [-0.4, -0.2) is 9.97 Å². The Labute approximate surface area is 288 Å². The van der Waals surface area contributed by atoms with Crippen molar-refractivity contribution in [2.75, 3.05) is 0 Å². The van der Waals surface area contributed by atoms with Crippen molar-refractivity contribution in [2.45, 2.75) is 19.3 Å². The Balaban J connectivity index is 1.12. The van der Waals surface area contributed by atoms with Crippen LogP contribution in [0.3, 0.4) is 0 Å². The van der Waals surface area contributed by atoms with E-state index in [2.05, 4.69) is 123 Å². The average molecular weight is 640 g/mol. The smallest absolute Gasteiger partial charge is 0.136 e. The highest BCUT2D eigenvalue weighted by Gasteiger charge is 2.36. The number of nitrogens with zero attached hydrogens (tertiary/aromatic N) is 3. The van der Waals surface area contributed by atoms with Crippen LogP contribution in [0.15, 0.2) is 144 Å². The van der Waals surface area contributed by atoms with Crippen LogP contribution < -0.4 is 0 Å². The number of aromatic nitrogens is 2. The third-order valence-corrected chi connectivity index (χ3v) is 10.5. The number of benzene rings is 6. The van der Waals surface area contributed by atoms with Gasteiger partial charge in [0.1, 0.15) is 11.2 Å². The Hall–Kier alpha value is -6.57. The maximum absolute atomic E-state index is 9.58. The Morgan fingerprint density at radius 1 is 0.540 bits per heavy atom. The van der Waals surface area contributed by atoms with Crippen LogP contribution in [0.5, 0.6) is 0 Å². The Kier molecular flexibility index (Phi) is 5.95. The quantitative estimate of drug-likeness (QED) is 0.180. The van der Waals surface area contributed by atoms with Gasteiger partial charge in [-0.3, -0.25) is 0 Å². The number of nitriles is 1. The second-order valence-electron chi connectivity index (χ2n) is 13.7. The van der Waals surface area contributed by atoms with Crippen molar-refractivity contribution in [3.05, 3.63) is 156 Å². The number of hydrogen-bond donors (Lipinski definition) is 0. The molecule has 0 saturated carbocycles. The highest BCUT2D eigenvalue weighted by Crippen LogP contribution is 2.50. The summed E-state index contributed by atoms with van der Waals surface area (Å²) >= 11 is 0. The van der Waals surface area contributed by atoms with Crippen molar-refractivity contribution >= 4 is 43.7 Å². The van der Waals surface area contributed by atoms with E-state index in [0.29, 0.717) is 5.56 Å². The molecule has 1 aliphatic carbocycles. The highest BCUT2D eigenvalue weighted by molar-refractivity contribution is 6.13. The predicted octanol–water partition coefficient (Wildman–Crippen LogP) is 11.9. The summed E-state index contributed by atoms with van der Waals surface area (Å²) in [6, 6.07) is 50.8. The molecule has 4 nitrogen and oxygen atoms in total. The van der Waals surface area contributed by atoms with E-state index in [9.17, 15) is 5.26 Å². The zero-order valence-electron chi connectivity index (χ0n) is 27.5. The second kappa shape index (κ2) is 10.5. The third kappa shape index (κ3) is 4.17. The van der Waals surface area contributed by atoms with Crippen LogP contribution in [0.25, 0.3) is 88.5 Å². The minimum Gasteiger partial charge on any atom is -0.456 e. The molecule has 0 saturated heterocycles. The molecule has 0 atom stereocenters. The molecule has 50 heavy (non-hydrogen) atoms. The molecule has 0 unspecified atom stereocenters. The van der Waals surface area contributed by atoms with Gasteiger partial charge in [0.25, 0.3) is 0 Å². The summed E-state index contributed by atoms with van der Waals surface area (Å²) in [5.74, 6) is 0. The van der Waals surface area contributed by atoms with Crippen molar-refractivity contribution in [3.63, 3.8) is 0 Å². The molecule has 0 N–H and O–H groups in total. The number of pyridine rings is 2. The fourth-order valence-electron chi connectivity index (χ4n) is 7.90. The molecule has 6 aromatic carbocycles. The molecule has 0 amide bonds. The molecule has 3 heterocycles. The van der Waals surface area contributed by atoms with Gasteiger partial charge in [-0.05, 0) is 88.0 Å². The monoisotopic (exact) mass is 639 g/mol. The lowest BCUT2D eigenvalue weighted by molar-refractivity contribution is 0.660. The standard InChI is InChI=1S/C46H29N3O/c1-46(2)37-23-27(26-47)11-18-34(37)35-19-14-31(25-38(35)46)33-9-6-10-42-43(33)36-24-32(17-22-41(36)50-42)40-21-16-30-13-12-29-15-20-39(28-7-4-3-5-8-28)48-44(29)45(30)49-40/h3-25H,1-2H3. The number of rotatable bonds is 3. The zero-order chi connectivity index (χ0) is 33.6. The fraction of sp³-hybridized carbons (Fsp3) is 0.0652. The van der Waals surface area contributed by atoms with Gasteiger partial charge in [0.15, 0.2) is 0 Å². The van der Waals surface area contributed by atoms with Crippen LogP contribution in [-0.2, 0) is 5.41 Å². The number of fused-ring (bicyclic) bond motifs is 9. The van der Waals surface area contributed by atoms with Crippen LogP contribution in [0, 0.1) is 11.3 Å². The first-order chi connectivity index (χ1) is 24.5. The van der Waals surface area contributed by atoms with Crippen LogP contribution in [0.1, 0.15) is 30.5 Å². The van der Waals surface area contributed by atoms with E-state index in [-0.39, 0.29) is 5.41 Å². The summed E-state index contributed by atoms with van der Waals surface area (Å²) in [4.78, 5) is 10.3. The SMILES string of the molecule is CC1(C)c2cc(C#N)ccc2-c2ccc(-c3cccc4oc5ccc(-c6ccc7ccc8ccc(-c9ccccc9)nc8c7n6)cc5c34)cc21. The first kappa shape index (κ1) is 28.4. The molecule has 4 heteroatoms. The van der Waals surface area contributed by atoms with Crippen molar-refractivity contribution in [1.29, 1.82) is 5.26 Å². The van der Waals surface area contributed by atoms with Gasteiger partial charge >= 0.3 is 0 Å². The predicted molar refractivity (Wildman–Crippen MR) is 203 cm³/mol. The Bertz CT molecular complexity index is 2910. The van der Waals surface area contributed by atoms with Crippen molar-refractivity contribution in [2.24, 2.45) is 0 Å². The lowest BCUT2D eigenvalue weighted by Crippen LogP contribution is -2.15. The van der Waals surface area contributed by atoms with E-state index in [4.69, 9.17) is 14.4 Å². The van der Waals surface area contributed by atoms with Gasteiger partial charge in [0, 0.05) is 38.1 Å². The van der Waals surface area contributed by atoms with Crippen LogP contribution >= 0.6 is 0 Å². The fourth-order valence-corrected chi connectivity index (χ4v) is 7.90. The molecule has 0 radical (unpaired) electrons. The summed E-state index contributed by atoms with van der Waals surface area (Å²) in [6.07, 6.45) is 0. The van der Waals surface area contributed by atoms with Crippen molar-refractivity contribution < 1.29 is 4.42 Å². The molecule has 234 valence electrons. The second-order valence-corrected chi connectivity index (χ2v) is 13.7. The highest BCUT2D eigenvalue weighted by atomic mass is 16.3. The van der Waals surface area contributed by atoms with Crippen molar-refractivity contribution in [1.82, 2.24) is 9.97 Å². The molecule has 1 aliphatic rings. The van der Waals surface area contributed by atoms with Gasteiger partial charge in [-0.2, -0.15) is 5.26 Å². The Morgan fingerprint density at radius 3 is 1.94 bits per heavy atom. The molecule has 0 spiro atoms. The average Bonchev–Trinajstić information content (AvgIpc) is 3.65. The lowest BCUT2D eigenvalue weighted by Gasteiger charge is -2.22. The molecule has 0 bridgehead atoms. The number of hydrogen-bond acceptors (Lipinski definition) is 4. The maximum atomic E-state index is 9.58. The van der Waals surface area contributed by atoms with E-state index >= 15 is 0 Å². The van der Waals surface area contributed by atoms with Gasteiger partial charge in [-0.1, -0.05) is 98.8 Å². The molecule has 3 aromatic heterocycles. The summed E-state index contributed by atoms with van der Waals surface area (Å²) in [6.45, 7) is 4.50. The molecule has 10 rings (SSSR count). The summed E-state index contributed by atoms with van der Waals surface area (Å²) in [7, 11) is 0. The van der Waals surface area contributed by atoms with Gasteiger partial charge in [0.2, 0.25) is 0 Å². The Morgan fingerprint density at radius 2 is 1.20 bits per heavy atom. The largest absolute Gasteiger partial charge is 0.456 e. The minimum atomic E-state index is -0.226. The summed E-state index contributed by atoms with van der Waals surface area (Å²) in [5, 5.41) is 13.8. The van der Waals surface area contributed by atoms with Crippen LogP contribution in [0.4, 0.5) is 0 Å². The van der Waals surface area contributed by atoms with E-state index in [1.54, 1.807) is 0 Å². The summed E-state index contributed by atoms with van der Waals surface area (Å²) in [5.41, 5.74) is 15.0. The van der Waals surface area contributed by atoms with Gasteiger partial charge in [-0.25, -0.2) is 9.97 Å². The van der Waals surface area contributed by atoms with E-state index in [1.165, 1.54) is 22.3 Å².